The summed E-state index contributed by atoms with van der Waals surface area (Å²) in [6, 6.07) is 10.7. The third-order valence-corrected chi connectivity index (χ3v) is 3.46. The van der Waals surface area contributed by atoms with Gasteiger partial charge in [-0.15, -0.1) is 0 Å². The Kier molecular flexibility index (Phi) is 5.37. The highest BCUT2D eigenvalue weighted by Crippen LogP contribution is 2.29. The molecular weight excluding hydrogens is 304 g/mol. The van der Waals surface area contributed by atoms with Gasteiger partial charge in [-0.3, -0.25) is 0 Å². The highest BCUT2D eigenvalue weighted by molar-refractivity contribution is 8.04. The maximum absolute atomic E-state index is 11.4. The summed E-state index contributed by atoms with van der Waals surface area (Å²) in [5.41, 5.74) is 0.780. The van der Waals surface area contributed by atoms with Gasteiger partial charge < -0.3 is 14.6 Å². The van der Waals surface area contributed by atoms with Gasteiger partial charge in [0.15, 0.2) is 5.16 Å². The van der Waals surface area contributed by atoms with E-state index in [1.165, 1.54) is 20.3 Å². The minimum atomic E-state index is -1.06. The van der Waals surface area contributed by atoms with Crippen LogP contribution in [0.15, 0.2) is 46.5 Å². The van der Waals surface area contributed by atoms with Gasteiger partial charge in [0, 0.05) is 0 Å². The molecule has 0 aliphatic carbocycles. The summed E-state index contributed by atoms with van der Waals surface area (Å²) >= 11 is 0.930. The largest absolute Gasteiger partial charge is 0.481 e. The van der Waals surface area contributed by atoms with Crippen LogP contribution in [-0.4, -0.2) is 35.3 Å². The summed E-state index contributed by atoms with van der Waals surface area (Å²) in [6.45, 7) is 0. The zero-order valence-electron chi connectivity index (χ0n) is 12.0. The number of nitrogens with zero attached hydrogens (tertiary/aromatic N) is 2. The lowest BCUT2D eigenvalue weighted by atomic mass is 10.2. The predicted octanol–water partition coefficient (Wildman–Crippen LogP) is 2.71. The first-order valence-corrected chi connectivity index (χ1v) is 7.09. The molecule has 0 unspecified atom stereocenters. The number of methoxy groups -OCH3 is 2. The van der Waals surface area contributed by atoms with Gasteiger partial charge in [0.2, 0.25) is 11.8 Å². The van der Waals surface area contributed by atoms with Crippen LogP contribution >= 0.6 is 11.8 Å². The molecule has 0 saturated carbocycles. The monoisotopic (exact) mass is 318 g/mol. The molecule has 114 valence electrons. The molecule has 0 bridgehead atoms. The number of thioether (sulfide) groups is 1. The van der Waals surface area contributed by atoms with Crippen LogP contribution < -0.4 is 9.47 Å². The number of hydrogen-bond donors (Lipinski definition) is 1. The Morgan fingerprint density at radius 3 is 2.23 bits per heavy atom. The van der Waals surface area contributed by atoms with E-state index in [1.54, 1.807) is 6.08 Å². The number of ether oxygens (including phenoxy) is 2. The van der Waals surface area contributed by atoms with Crippen LogP contribution in [0.5, 0.6) is 11.8 Å². The third-order valence-electron chi connectivity index (χ3n) is 2.59. The lowest BCUT2D eigenvalue weighted by Crippen LogP contribution is -2.00. The molecule has 0 saturated heterocycles. The molecule has 0 fully saturated rings. The Morgan fingerprint density at radius 2 is 1.73 bits per heavy atom. The van der Waals surface area contributed by atoms with E-state index in [2.05, 4.69) is 9.97 Å². The van der Waals surface area contributed by atoms with Gasteiger partial charge in [0.05, 0.1) is 20.3 Å². The average Bonchev–Trinajstić information content (AvgIpc) is 2.54. The SMILES string of the molecule is COc1cc(OC)nc(SC(=Cc2ccccc2)C(=O)O)n1. The minimum Gasteiger partial charge on any atom is -0.481 e. The van der Waals surface area contributed by atoms with Crippen molar-refractivity contribution in [2.24, 2.45) is 0 Å². The molecule has 1 aromatic carbocycles. The Hall–Kier alpha value is -2.54. The van der Waals surface area contributed by atoms with Crippen molar-refractivity contribution in [1.82, 2.24) is 9.97 Å². The van der Waals surface area contributed by atoms with Crippen molar-refractivity contribution in [2.75, 3.05) is 14.2 Å². The fraction of sp³-hybridized carbons (Fsp3) is 0.133. The van der Waals surface area contributed by atoms with E-state index in [1.807, 2.05) is 30.3 Å². The van der Waals surface area contributed by atoms with Gasteiger partial charge in [-0.05, 0) is 23.4 Å². The smallest absolute Gasteiger partial charge is 0.342 e. The molecule has 0 aliphatic rings. The first-order valence-electron chi connectivity index (χ1n) is 6.27. The van der Waals surface area contributed by atoms with Gasteiger partial charge in [0.25, 0.3) is 0 Å². The highest BCUT2D eigenvalue weighted by atomic mass is 32.2. The number of rotatable bonds is 6. The zero-order valence-corrected chi connectivity index (χ0v) is 12.8. The third kappa shape index (κ3) is 4.23. The molecule has 6 nitrogen and oxygen atoms in total. The normalized spacial score (nSPS) is 11.1. The lowest BCUT2D eigenvalue weighted by Gasteiger charge is -2.06. The molecule has 2 rings (SSSR count). The van der Waals surface area contributed by atoms with E-state index in [9.17, 15) is 9.90 Å². The summed E-state index contributed by atoms with van der Waals surface area (Å²) in [5.74, 6) is -0.447. The van der Waals surface area contributed by atoms with Crippen molar-refractivity contribution in [3.05, 3.63) is 46.9 Å². The van der Waals surface area contributed by atoms with E-state index in [0.717, 1.165) is 17.3 Å². The molecule has 1 heterocycles. The Bertz CT molecular complexity index is 667. The molecule has 0 atom stereocenters. The summed E-state index contributed by atoms with van der Waals surface area (Å²) in [6.07, 6.45) is 1.56. The van der Waals surface area contributed by atoms with Crippen molar-refractivity contribution >= 4 is 23.8 Å². The van der Waals surface area contributed by atoms with Gasteiger partial charge >= 0.3 is 5.97 Å². The Balaban J connectivity index is 2.32. The number of carboxylic acid groups (broad SMARTS) is 1. The van der Waals surface area contributed by atoms with Crippen molar-refractivity contribution in [3.63, 3.8) is 0 Å². The molecule has 0 amide bonds. The van der Waals surface area contributed by atoms with E-state index in [-0.39, 0.29) is 10.1 Å². The second kappa shape index (κ2) is 7.46. The van der Waals surface area contributed by atoms with Crippen LogP contribution in [0.1, 0.15) is 5.56 Å². The van der Waals surface area contributed by atoms with E-state index in [4.69, 9.17) is 9.47 Å². The van der Waals surface area contributed by atoms with Crippen molar-refractivity contribution < 1.29 is 19.4 Å². The lowest BCUT2D eigenvalue weighted by molar-refractivity contribution is -0.131. The van der Waals surface area contributed by atoms with Crippen molar-refractivity contribution in [3.8, 4) is 11.8 Å². The second-order valence-electron chi connectivity index (χ2n) is 4.06. The number of benzene rings is 1. The maximum Gasteiger partial charge on any atom is 0.342 e. The standard InChI is InChI=1S/C15H14N2O4S/c1-20-12-9-13(21-2)17-15(16-12)22-11(14(18)19)8-10-6-4-3-5-7-10/h3-9H,1-2H3,(H,18,19). The van der Waals surface area contributed by atoms with Crippen molar-refractivity contribution in [2.45, 2.75) is 5.16 Å². The quantitative estimate of drug-likeness (QED) is 0.498. The molecule has 0 radical (unpaired) electrons. The average molecular weight is 318 g/mol. The van der Waals surface area contributed by atoms with Gasteiger partial charge in [-0.1, -0.05) is 30.3 Å². The van der Waals surface area contributed by atoms with E-state index < -0.39 is 5.97 Å². The molecule has 0 aliphatic heterocycles. The first kappa shape index (κ1) is 15.8. The Morgan fingerprint density at radius 1 is 1.14 bits per heavy atom. The first-order chi connectivity index (χ1) is 10.6. The highest BCUT2D eigenvalue weighted by Gasteiger charge is 2.14. The molecule has 7 heteroatoms. The molecule has 2 aromatic rings. The fourth-order valence-electron chi connectivity index (χ4n) is 1.57. The number of aliphatic carboxylic acids is 1. The fourth-order valence-corrected chi connectivity index (χ4v) is 2.32. The van der Waals surface area contributed by atoms with Crippen LogP contribution in [0.2, 0.25) is 0 Å². The summed E-state index contributed by atoms with van der Waals surface area (Å²) in [4.78, 5) is 19.7. The minimum absolute atomic E-state index is 0.0986. The zero-order chi connectivity index (χ0) is 15.9. The molecule has 0 spiro atoms. The molecule has 1 N–H and O–H groups in total. The van der Waals surface area contributed by atoms with Crippen LogP contribution in [0, 0.1) is 0 Å². The summed E-state index contributed by atoms with van der Waals surface area (Å²) in [5, 5.41) is 9.58. The number of aromatic nitrogens is 2. The number of carbonyl (C=O) groups is 1. The molecule has 1 aromatic heterocycles. The van der Waals surface area contributed by atoms with E-state index in [0.29, 0.717) is 11.8 Å². The van der Waals surface area contributed by atoms with E-state index >= 15 is 0 Å². The van der Waals surface area contributed by atoms with Crippen LogP contribution in [-0.2, 0) is 4.79 Å². The molecular formula is C15H14N2O4S. The maximum atomic E-state index is 11.4. The number of carboxylic acids is 1. The van der Waals surface area contributed by atoms with Crippen LogP contribution in [0.3, 0.4) is 0 Å². The summed E-state index contributed by atoms with van der Waals surface area (Å²) in [7, 11) is 2.93. The van der Waals surface area contributed by atoms with Gasteiger partial charge in [-0.25, -0.2) is 4.79 Å². The summed E-state index contributed by atoms with van der Waals surface area (Å²) < 4.78 is 10.1. The molecule has 22 heavy (non-hydrogen) atoms. The predicted molar refractivity (Wildman–Crippen MR) is 83.0 cm³/mol. The topological polar surface area (TPSA) is 81.5 Å². The van der Waals surface area contributed by atoms with Gasteiger partial charge in [-0.2, -0.15) is 9.97 Å². The van der Waals surface area contributed by atoms with Crippen LogP contribution in [0.4, 0.5) is 0 Å². The van der Waals surface area contributed by atoms with Crippen LogP contribution in [0.25, 0.3) is 6.08 Å². The second-order valence-corrected chi connectivity index (χ2v) is 5.07. The Labute approximate surface area is 131 Å². The van der Waals surface area contributed by atoms with Gasteiger partial charge in [0.1, 0.15) is 4.91 Å². The number of hydrogen-bond acceptors (Lipinski definition) is 6. The van der Waals surface area contributed by atoms with Crippen molar-refractivity contribution in [1.29, 1.82) is 0 Å².